The predicted molar refractivity (Wildman–Crippen MR) is 73.8 cm³/mol. The first-order chi connectivity index (χ1) is 9.01. The van der Waals surface area contributed by atoms with Crippen LogP contribution in [0.1, 0.15) is 25.1 Å². The fourth-order valence-electron chi connectivity index (χ4n) is 1.71. The van der Waals surface area contributed by atoms with Crippen molar-refractivity contribution in [2.45, 2.75) is 26.1 Å². The fraction of sp³-hybridized carbons (Fsp3) is 0.357. The van der Waals surface area contributed by atoms with Gasteiger partial charge < -0.3 is 15.2 Å². The molecule has 0 spiro atoms. The summed E-state index contributed by atoms with van der Waals surface area (Å²) >= 11 is 0. The van der Waals surface area contributed by atoms with Gasteiger partial charge in [-0.1, -0.05) is 12.1 Å². The normalized spacial score (nSPS) is 11.5. The molecular formula is C14H19N3O2. The van der Waals surface area contributed by atoms with Crippen LogP contribution < -0.4 is 10.5 Å². The van der Waals surface area contributed by atoms with Gasteiger partial charge in [-0.15, -0.1) is 0 Å². The Kier molecular flexibility index (Phi) is 3.76. The first kappa shape index (κ1) is 13.4. The van der Waals surface area contributed by atoms with Crippen molar-refractivity contribution in [3.05, 3.63) is 41.6 Å². The molecule has 0 saturated carbocycles. The van der Waals surface area contributed by atoms with E-state index in [2.05, 4.69) is 10.2 Å². The van der Waals surface area contributed by atoms with Gasteiger partial charge in [-0.05, 0) is 31.5 Å². The molecule has 5 heteroatoms. The highest BCUT2D eigenvalue weighted by Gasteiger charge is 2.23. The van der Waals surface area contributed by atoms with Gasteiger partial charge in [-0.2, -0.15) is 5.10 Å². The van der Waals surface area contributed by atoms with Crippen LogP contribution in [0.4, 0.5) is 5.82 Å². The van der Waals surface area contributed by atoms with Gasteiger partial charge in [0.15, 0.2) is 0 Å². The molecule has 0 atom stereocenters. The van der Waals surface area contributed by atoms with Gasteiger partial charge in [0.1, 0.15) is 17.2 Å². The van der Waals surface area contributed by atoms with Crippen molar-refractivity contribution < 1.29 is 9.47 Å². The molecular weight excluding hydrogens is 242 g/mol. The van der Waals surface area contributed by atoms with Crippen molar-refractivity contribution >= 4 is 5.82 Å². The van der Waals surface area contributed by atoms with Crippen LogP contribution in [0.5, 0.6) is 5.75 Å². The molecule has 0 bridgehead atoms. The molecule has 0 saturated heterocycles. The lowest BCUT2D eigenvalue weighted by Crippen LogP contribution is -2.22. The first-order valence-corrected chi connectivity index (χ1v) is 6.09. The van der Waals surface area contributed by atoms with E-state index in [9.17, 15) is 0 Å². The topological polar surface area (TPSA) is 73.2 Å². The van der Waals surface area contributed by atoms with Gasteiger partial charge in [0.2, 0.25) is 0 Å². The highest BCUT2D eigenvalue weighted by Crippen LogP contribution is 2.25. The molecule has 0 amide bonds. The average Bonchev–Trinajstić information content (AvgIpc) is 2.85. The van der Waals surface area contributed by atoms with Crippen LogP contribution in [0.25, 0.3) is 0 Å². The van der Waals surface area contributed by atoms with E-state index < -0.39 is 5.60 Å². The van der Waals surface area contributed by atoms with E-state index in [4.69, 9.17) is 15.2 Å². The number of hydrogen-bond donors (Lipinski definition) is 2. The van der Waals surface area contributed by atoms with Crippen LogP contribution in [0, 0.1) is 0 Å². The third-order valence-electron chi connectivity index (χ3n) is 3.01. The Bertz CT molecular complexity index is 532. The van der Waals surface area contributed by atoms with E-state index in [1.165, 1.54) is 0 Å². The van der Waals surface area contributed by atoms with Gasteiger partial charge in [0.25, 0.3) is 0 Å². The summed E-state index contributed by atoms with van der Waals surface area (Å²) in [5, 5.41) is 6.80. The molecule has 1 aromatic carbocycles. The molecule has 0 aliphatic carbocycles. The van der Waals surface area contributed by atoms with Crippen molar-refractivity contribution in [1.82, 2.24) is 10.2 Å². The molecule has 2 aromatic rings. The third kappa shape index (κ3) is 3.26. The van der Waals surface area contributed by atoms with Gasteiger partial charge in [0.05, 0.1) is 19.4 Å². The summed E-state index contributed by atoms with van der Waals surface area (Å²) in [7, 11) is 1.65. The summed E-state index contributed by atoms with van der Waals surface area (Å²) in [6.45, 7) is 4.46. The smallest absolute Gasteiger partial charge is 0.145 e. The van der Waals surface area contributed by atoms with E-state index >= 15 is 0 Å². The maximum Gasteiger partial charge on any atom is 0.145 e. The zero-order valence-electron chi connectivity index (χ0n) is 11.4. The lowest BCUT2D eigenvalue weighted by molar-refractivity contribution is -0.0367. The number of nitrogens with one attached hydrogen (secondary N) is 1. The number of methoxy groups -OCH3 is 1. The first-order valence-electron chi connectivity index (χ1n) is 6.09. The minimum atomic E-state index is -0.468. The highest BCUT2D eigenvalue weighted by molar-refractivity contribution is 5.31. The number of anilines is 1. The average molecular weight is 261 g/mol. The Morgan fingerprint density at radius 1 is 1.26 bits per heavy atom. The van der Waals surface area contributed by atoms with E-state index in [1.807, 2.05) is 38.1 Å². The van der Waals surface area contributed by atoms with Gasteiger partial charge in [-0.3, -0.25) is 5.10 Å². The number of aromatic amines is 1. The molecule has 102 valence electrons. The summed E-state index contributed by atoms with van der Waals surface area (Å²) < 4.78 is 11.0. The number of nitrogens with two attached hydrogens (primary N) is 1. The minimum Gasteiger partial charge on any atom is -0.497 e. The van der Waals surface area contributed by atoms with Crippen LogP contribution >= 0.6 is 0 Å². The number of rotatable bonds is 5. The molecule has 3 N–H and O–H groups in total. The van der Waals surface area contributed by atoms with Crippen LogP contribution in [0.15, 0.2) is 30.3 Å². The van der Waals surface area contributed by atoms with E-state index in [0.717, 1.165) is 17.0 Å². The second kappa shape index (κ2) is 5.32. The molecule has 0 fully saturated rings. The summed E-state index contributed by atoms with van der Waals surface area (Å²) in [4.78, 5) is 0. The monoisotopic (exact) mass is 261 g/mol. The van der Waals surface area contributed by atoms with E-state index in [-0.39, 0.29) is 0 Å². The number of aromatic nitrogens is 2. The van der Waals surface area contributed by atoms with Gasteiger partial charge in [-0.25, -0.2) is 0 Å². The fourth-order valence-corrected chi connectivity index (χ4v) is 1.71. The second-order valence-corrected chi connectivity index (χ2v) is 4.85. The number of nitrogens with zero attached hydrogens (tertiary/aromatic N) is 1. The maximum absolute atomic E-state index is 5.92. The maximum atomic E-state index is 5.92. The molecule has 0 aliphatic rings. The number of hydrogen-bond acceptors (Lipinski definition) is 4. The summed E-state index contributed by atoms with van der Waals surface area (Å²) in [5.41, 5.74) is 7.08. The molecule has 1 heterocycles. The van der Waals surface area contributed by atoms with Crippen molar-refractivity contribution in [2.75, 3.05) is 12.8 Å². The summed E-state index contributed by atoms with van der Waals surface area (Å²) in [6.07, 6.45) is 0. The molecule has 19 heavy (non-hydrogen) atoms. The molecule has 0 aliphatic heterocycles. The number of H-pyrrole nitrogens is 1. The van der Waals surface area contributed by atoms with Gasteiger partial charge >= 0.3 is 0 Å². The van der Waals surface area contributed by atoms with Crippen molar-refractivity contribution in [3.63, 3.8) is 0 Å². The second-order valence-electron chi connectivity index (χ2n) is 4.85. The predicted octanol–water partition coefficient (Wildman–Crippen LogP) is 2.45. The van der Waals surface area contributed by atoms with E-state index in [1.54, 1.807) is 13.2 Å². The summed E-state index contributed by atoms with van der Waals surface area (Å²) in [5.74, 6) is 1.31. The van der Waals surface area contributed by atoms with Crippen molar-refractivity contribution in [3.8, 4) is 5.75 Å². The van der Waals surface area contributed by atoms with Crippen LogP contribution in [-0.2, 0) is 16.9 Å². The molecule has 2 rings (SSSR count). The lowest BCUT2D eigenvalue weighted by atomic mass is 10.1. The van der Waals surface area contributed by atoms with Crippen LogP contribution in [0.2, 0.25) is 0 Å². The molecule has 1 aromatic heterocycles. The Labute approximate surface area is 112 Å². The quantitative estimate of drug-likeness (QED) is 0.867. The standard InChI is InChI=1S/C14H19N3O2/c1-14(2,12-8-13(15)17-16-12)19-9-10-4-6-11(18-3)7-5-10/h4-8H,9H2,1-3H3,(H3,15,16,17). The van der Waals surface area contributed by atoms with Crippen molar-refractivity contribution in [1.29, 1.82) is 0 Å². The van der Waals surface area contributed by atoms with Gasteiger partial charge in [0, 0.05) is 6.07 Å². The highest BCUT2D eigenvalue weighted by atomic mass is 16.5. The summed E-state index contributed by atoms with van der Waals surface area (Å²) in [6, 6.07) is 9.58. The lowest BCUT2D eigenvalue weighted by Gasteiger charge is -2.23. The minimum absolute atomic E-state index is 0.468. The molecule has 0 radical (unpaired) electrons. The number of benzene rings is 1. The molecule has 0 unspecified atom stereocenters. The Hall–Kier alpha value is -2.01. The SMILES string of the molecule is COc1ccc(COC(C)(C)c2cc(N)n[nH]2)cc1. The zero-order chi connectivity index (χ0) is 13.9. The van der Waals surface area contributed by atoms with Crippen molar-refractivity contribution in [2.24, 2.45) is 0 Å². The number of ether oxygens (including phenoxy) is 2. The Morgan fingerprint density at radius 3 is 2.47 bits per heavy atom. The third-order valence-corrected chi connectivity index (χ3v) is 3.01. The number of nitrogen functional groups attached to an aromatic ring is 1. The zero-order valence-corrected chi connectivity index (χ0v) is 11.4. The van der Waals surface area contributed by atoms with E-state index in [0.29, 0.717) is 12.4 Å². The Morgan fingerprint density at radius 2 is 1.95 bits per heavy atom. The van der Waals surface area contributed by atoms with Crippen LogP contribution in [0.3, 0.4) is 0 Å². The largest absolute Gasteiger partial charge is 0.497 e. The Balaban J connectivity index is 2.00. The van der Waals surface area contributed by atoms with Crippen LogP contribution in [-0.4, -0.2) is 17.3 Å². The molecule has 5 nitrogen and oxygen atoms in total.